The number of nitrogens with one attached hydrogen (secondary N) is 2. The van der Waals surface area contributed by atoms with Gasteiger partial charge in [-0.15, -0.1) is 24.0 Å². The van der Waals surface area contributed by atoms with Crippen LogP contribution >= 0.6 is 24.0 Å². The predicted molar refractivity (Wildman–Crippen MR) is 123 cm³/mol. The number of guanidine groups is 1. The minimum atomic E-state index is 0. The van der Waals surface area contributed by atoms with E-state index >= 15 is 0 Å². The second-order valence-corrected chi connectivity index (χ2v) is 6.84. The first-order valence-electron chi connectivity index (χ1n) is 9.44. The average molecular weight is 501 g/mol. The first-order chi connectivity index (χ1) is 13.0. The Hall–Kier alpha value is -1.84. The van der Waals surface area contributed by atoms with Crippen molar-refractivity contribution in [1.29, 1.82) is 0 Å². The van der Waals surface area contributed by atoms with E-state index in [0.717, 1.165) is 30.5 Å². The Morgan fingerprint density at radius 2 is 1.82 bits per heavy atom. The molecule has 0 aliphatic carbocycles. The Bertz CT molecular complexity index is 716. The summed E-state index contributed by atoms with van der Waals surface area (Å²) in [5, 5.41) is 10.6. The van der Waals surface area contributed by atoms with Crippen molar-refractivity contribution in [3.63, 3.8) is 0 Å². The van der Waals surface area contributed by atoms with Crippen molar-refractivity contribution < 1.29 is 9.26 Å². The van der Waals surface area contributed by atoms with Crippen molar-refractivity contribution in [3.05, 3.63) is 41.5 Å². The van der Waals surface area contributed by atoms with E-state index in [0.29, 0.717) is 24.8 Å². The van der Waals surface area contributed by atoms with Gasteiger partial charge in [0.05, 0.1) is 7.11 Å². The number of methoxy groups -OCH3 is 1. The first-order valence-corrected chi connectivity index (χ1v) is 9.44. The maximum Gasteiger partial charge on any atom is 0.228 e. The molecule has 0 radical (unpaired) electrons. The number of aliphatic imine (C=N–C) groups is 1. The van der Waals surface area contributed by atoms with Crippen molar-refractivity contribution in [2.24, 2.45) is 4.99 Å². The fraction of sp³-hybridized carbons (Fsp3) is 0.550. The zero-order valence-electron chi connectivity index (χ0n) is 17.4. The van der Waals surface area contributed by atoms with Crippen LogP contribution in [-0.4, -0.2) is 43.3 Å². The highest BCUT2D eigenvalue weighted by Crippen LogP contribution is 2.21. The molecular formula is C20H32IN5O2. The highest BCUT2D eigenvalue weighted by Gasteiger charge is 2.10. The molecule has 2 N–H and O–H groups in total. The Morgan fingerprint density at radius 3 is 2.39 bits per heavy atom. The van der Waals surface area contributed by atoms with Crippen LogP contribution in [-0.2, 0) is 6.42 Å². The van der Waals surface area contributed by atoms with Gasteiger partial charge in [-0.2, -0.15) is 4.98 Å². The second-order valence-electron chi connectivity index (χ2n) is 6.84. The molecule has 8 heteroatoms. The number of halogens is 1. The number of nitrogens with zero attached hydrogens (tertiary/aromatic N) is 3. The van der Waals surface area contributed by atoms with Crippen LogP contribution in [0.15, 0.2) is 33.8 Å². The minimum Gasteiger partial charge on any atom is -0.497 e. The Labute approximate surface area is 184 Å². The van der Waals surface area contributed by atoms with Crippen molar-refractivity contribution >= 4 is 29.9 Å². The lowest BCUT2D eigenvalue weighted by atomic mass is 9.98. The van der Waals surface area contributed by atoms with Crippen LogP contribution in [0.1, 0.15) is 56.3 Å². The van der Waals surface area contributed by atoms with Crippen molar-refractivity contribution in [2.45, 2.75) is 45.4 Å². The van der Waals surface area contributed by atoms with Crippen molar-refractivity contribution in [3.8, 4) is 5.75 Å². The van der Waals surface area contributed by atoms with Gasteiger partial charge < -0.3 is 19.9 Å². The zero-order chi connectivity index (χ0) is 19.6. The maximum absolute atomic E-state index is 5.25. The molecule has 0 bridgehead atoms. The van der Waals surface area contributed by atoms with Crippen molar-refractivity contribution in [1.82, 2.24) is 20.8 Å². The third-order valence-electron chi connectivity index (χ3n) is 4.41. The molecule has 0 spiro atoms. The summed E-state index contributed by atoms with van der Waals surface area (Å²) < 4.78 is 10.5. The lowest BCUT2D eigenvalue weighted by Crippen LogP contribution is -2.39. The van der Waals surface area contributed by atoms with Crippen LogP contribution in [0.25, 0.3) is 0 Å². The summed E-state index contributed by atoms with van der Waals surface area (Å²) in [5.41, 5.74) is 1.30. The van der Waals surface area contributed by atoms with Crippen LogP contribution < -0.4 is 15.4 Å². The van der Waals surface area contributed by atoms with Gasteiger partial charge in [0.25, 0.3) is 0 Å². The summed E-state index contributed by atoms with van der Waals surface area (Å²) >= 11 is 0. The van der Waals surface area contributed by atoms with Crippen LogP contribution in [0.3, 0.4) is 0 Å². The standard InChI is InChI=1S/C20H31N5O2.HI/c1-14(2)19-24-18(27-25-19)11-13-23-20(21-4)22-12-10-15(3)16-6-8-17(26-5)9-7-16;/h6-9,14-15H,10-13H2,1-5H3,(H2,21,22,23);1H. The van der Waals surface area contributed by atoms with Crippen LogP contribution in [0.5, 0.6) is 5.75 Å². The van der Waals surface area contributed by atoms with Gasteiger partial charge in [0.15, 0.2) is 11.8 Å². The van der Waals surface area contributed by atoms with E-state index in [1.807, 2.05) is 26.0 Å². The van der Waals surface area contributed by atoms with Gasteiger partial charge in [-0.25, -0.2) is 0 Å². The lowest BCUT2D eigenvalue weighted by Gasteiger charge is -2.15. The predicted octanol–water partition coefficient (Wildman–Crippen LogP) is 3.72. The van der Waals surface area contributed by atoms with Crippen LogP contribution in [0.2, 0.25) is 0 Å². The maximum atomic E-state index is 5.25. The molecule has 28 heavy (non-hydrogen) atoms. The normalized spacial score (nSPS) is 12.4. The Morgan fingerprint density at radius 1 is 1.14 bits per heavy atom. The van der Waals surface area contributed by atoms with E-state index in [2.05, 4.69) is 44.8 Å². The fourth-order valence-electron chi connectivity index (χ4n) is 2.62. The highest BCUT2D eigenvalue weighted by molar-refractivity contribution is 14.0. The van der Waals surface area contributed by atoms with Gasteiger partial charge in [0.2, 0.25) is 5.89 Å². The Balaban J connectivity index is 0.00000392. The highest BCUT2D eigenvalue weighted by atomic mass is 127. The summed E-state index contributed by atoms with van der Waals surface area (Å²) in [6.07, 6.45) is 1.68. The molecule has 0 saturated carbocycles. The average Bonchev–Trinajstić information content (AvgIpc) is 3.16. The minimum absolute atomic E-state index is 0. The number of ether oxygens (including phenoxy) is 1. The van der Waals surface area contributed by atoms with Gasteiger partial charge in [-0.1, -0.05) is 38.1 Å². The molecular weight excluding hydrogens is 469 g/mol. The molecule has 1 heterocycles. The van der Waals surface area contributed by atoms with Gasteiger partial charge in [-0.05, 0) is 30.0 Å². The third kappa shape index (κ3) is 7.65. The summed E-state index contributed by atoms with van der Waals surface area (Å²) in [5.74, 6) is 3.79. The smallest absolute Gasteiger partial charge is 0.228 e. The summed E-state index contributed by atoms with van der Waals surface area (Å²) in [4.78, 5) is 8.63. The molecule has 2 rings (SSSR count). The number of hydrogen-bond acceptors (Lipinski definition) is 5. The number of hydrogen-bond donors (Lipinski definition) is 2. The molecule has 1 atom stereocenters. The van der Waals surface area contributed by atoms with Gasteiger partial charge >= 0.3 is 0 Å². The molecule has 0 amide bonds. The topological polar surface area (TPSA) is 84.6 Å². The molecule has 2 aromatic rings. The third-order valence-corrected chi connectivity index (χ3v) is 4.41. The molecule has 156 valence electrons. The number of rotatable bonds is 9. The van der Waals surface area contributed by atoms with Crippen LogP contribution in [0, 0.1) is 0 Å². The Kier molecular flexibility index (Phi) is 10.9. The summed E-state index contributed by atoms with van der Waals surface area (Å²) in [6, 6.07) is 8.24. The van der Waals surface area contributed by atoms with Gasteiger partial charge in [-0.3, -0.25) is 4.99 Å². The van der Waals surface area contributed by atoms with Gasteiger partial charge in [0, 0.05) is 32.5 Å². The lowest BCUT2D eigenvalue weighted by molar-refractivity contribution is 0.371. The van der Waals surface area contributed by atoms with E-state index in [4.69, 9.17) is 9.26 Å². The first kappa shape index (κ1) is 24.2. The molecule has 0 saturated heterocycles. The summed E-state index contributed by atoms with van der Waals surface area (Å²) in [7, 11) is 3.45. The van der Waals surface area contributed by atoms with E-state index in [9.17, 15) is 0 Å². The molecule has 1 aromatic heterocycles. The monoisotopic (exact) mass is 501 g/mol. The molecule has 1 unspecified atom stereocenters. The SMILES string of the molecule is CN=C(NCCc1nc(C(C)C)no1)NCCC(C)c1ccc(OC)cc1.I. The second kappa shape index (κ2) is 12.6. The van der Waals surface area contributed by atoms with Gasteiger partial charge in [0.1, 0.15) is 5.75 Å². The quantitative estimate of drug-likeness (QED) is 0.310. The molecule has 0 aliphatic heterocycles. The zero-order valence-corrected chi connectivity index (χ0v) is 19.7. The van der Waals surface area contributed by atoms with Crippen molar-refractivity contribution in [2.75, 3.05) is 27.2 Å². The molecule has 0 aliphatic rings. The van der Waals surface area contributed by atoms with E-state index in [1.165, 1.54) is 5.56 Å². The number of aromatic nitrogens is 2. The number of benzene rings is 1. The fourth-order valence-corrected chi connectivity index (χ4v) is 2.62. The van der Waals surface area contributed by atoms with Crippen LogP contribution in [0.4, 0.5) is 0 Å². The van der Waals surface area contributed by atoms with E-state index < -0.39 is 0 Å². The molecule has 1 aromatic carbocycles. The van der Waals surface area contributed by atoms with E-state index in [-0.39, 0.29) is 29.9 Å². The largest absolute Gasteiger partial charge is 0.497 e. The summed E-state index contributed by atoms with van der Waals surface area (Å²) in [6.45, 7) is 7.84. The van der Waals surface area contributed by atoms with E-state index in [1.54, 1.807) is 14.2 Å². The molecule has 0 fully saturated rings. The molecule has 7 nitrogen and oxygen atoms in total.